The molecule has 0 radical (unpaired) electrons. The van der Waals surface area contributed by atoms with E-state index in [9.17, 15) is 13.2 Å². The first-order valence-electron chi connectivity index (χ1n) is 5.95. The SMILES string of the molecule is CNS(=O)(=O)c1ccc(C(=O)N2CCOCC2)cc1. The largest absolute Gasteiger partial charge is 0.378 e. The molecular weight excluding hydrogens is 268 g/mol. The lowest BCUT2D eigenvalue weighted by Gasteiger charge is -2.26. The van der Waals surface area contributed by atoms with Gasteiger partial charge in [-0.2, -0.15) is 0 Å². The Morgan fingerprint density at radius 3 is 2.32 bits per heavy atom. The molecule has 6 nitrogen and oxygen atoms in total. The summed E-state index contributed by atoms with van der Waals surface area (Å²) in [6, 6.07) is 5.92. The summed E-state index contributed by atoms with van der Waals surface area (Å²) < 4.78 is 30.5. The molecule has 0 bridgehead atoms. The molecule has 19 heavy (non-hydrogen) atoms. The lowest BCUT2D eigenvalue weighted by Crippen LogP contribution is -2.40. The number of morpholine rings is 1. The van der Waals surface area contributed by atoms with Gasteiger partial charge in [0.25, 0.3) is 5.91 Å². The Hall–Kier alpha value is -1.44. The van der Waals surface area contributed by atoms with Gasteiger partial charge in [-0.25, -0.2) is 13.1 Å². The van der Waals surface area contributed by atoms with Gasteiger partial charge in [0.2, 0.25) is 10.0 Å². The molecule has 0 spiro atoms. The Balaban J connectivity index is 2.16. The van der Waals surface area contributed by atoms with E-state index < -0.39 is 10.0 Å². The molecule has 1 aromatic carbocycles. The van der Waals surface area contributed by atoms with Crippen LogP contribution in [0.4, 0.5) is 0 Å². The Kier molecular flexibility index (Phi) is 4.18. The zero-order chi connectivity index (χ0) is 13.9. The number of hydrogen-bond donors (Lipinski definition) is 1. The fraction of sp³-hybridized carbons (Fsp3) is 0.417. The third kappa shape index (κ3) is 3.12. The van der Waals surface area contributed by atoms with E-state index in [1.807, 2.05) is 0 Å². The summed E-state index contributed by atoms with van der Waals surface area (Å²) in [5, 5.41) is 0. The molecule has 7 heteroatoms. The summed E-state index contributed by atoms with van der Waals surface area (Å²) >= 11 is 0. The molecule has 1 heterocycles. The molecule has 2 rings (SSSR count). The highest BCUT2D eigenvalue weighted by Gasteiger charge is 2.19. The van der Waals surface area contributed by atoms with Gasteiger partial charge in [0, 0.05) is 18.7 Å². The van der Waals surface area contributed by atoms with E-state index in [4.69, 9.17) is 4.74 Å². The maximum Gasteiger partial charge on any atom is 0.254 e. The Labute approximate surface area is 112 Å². The molecule has 0 unspecified atom stereocenters. The molecule has 0 atom stereocenters. The third-order valence-electron chi connectivity index (χ3n) is 2.98. The van der Waals surface area contributed by atoms with Gasteiger partial charge in [0.05, 0.1) is 18.1 Å². The van der Waals surface area contributed by atoms with E-state index in [2.05, 4.69) is 4.72 Å². The van der Waals surface area contributed by atoms with Crippen molar-refractivity contribution in [2.24, 2.45) is 0 Å². The first-order chi connectivity index (χ1) is 9.04. The van der Waals surface area contributed by atoms with Crippen LogP contribution in [-0.2, 0) is 14.8 Å². The average molecular weight is 284 g/mol. The minimum absolute atomic E-state index is 0.100. The van der Waals surface area contributed by atoms with Crippen molar-refractivity contribution in [3.05, 3.63) is 29.8 Å². The van der Waals surface area contributed by atoms with Crippen LogP contribution in [0, 0.1) is 0 Å². The van der Waals surface area contributed by atoms with Gasteiger partial charge in [-0.1, -0.05) is 0 Å². The van der Waals surface area contributed by atoms with Crippen LogP contribution in [0.3, 0.4) is 0 Å². The van der Waals surface area contributed by atoms with E-state index in [1.165, 1.54) is 31.3 Å². The van der Waals surface area contributed by atoms with Crippen molar-refractivity contribution in [3.8, 4) is 0 Å². The standard InChI is InChI=1S/C12H16N2O4S/c1-13-19(16,17)11-4-2-10(3-5-11)12(15)14-6-8-18-9-7-14/h2-5,13H,6-9H2,1H3. The van der Waals surface area contributed by atoms with Crippen molar-refractivity contribution in [3.63, 3.8) is 0 Å². The normalized spacial score (nSPS) is 16.4. The molecule has 1 fully saturated rings. The van der Waals surface area contributed by atoms with Gasteiger partial charge < -0.3 is 9.64 Å². The molecule has 1 aliphatic heterocycles. The van der Waals surface area contributed by atoms with Crippen molar-refractivity contribution in [2.75, 3.05) is 33.4 Å². The molecular formula is C12H16N2O4S. The van der Waals surface area contributed by atoms with Crippen LogP contribution >= 0.6 is 0 Å². The van der Waals surface area contributed by atoms with Crippen LogP contribution in [0.5, 0.6) is 0 Å². The number of benzene rings is 1. The zero-order valence-electron chi connectivity index (χ0n) is 10.6. The fourth-order valence-electron chi connectivity index (χ4n) is 1.84. The van der Waals surface area contributed by atoms with E-state index in [1.54, 1.807) is 4.90 Å². The van der Waals surface area contributed by atoms with Crippen molar-refractivity contribution < 1.29 is 17.9 Å². The second-order valence-corrected chi connectivity index (χ2v) is 6.02. The molecule has 1 aliphatic rings. The minimum Gasteiger partial charge on any atom is -0.378 e. The monoisotopic (exact) mass is 284 g/mol. The molecule has 1 aromatic rings. The number of hydrogen-bond acceptors (Lipinski definition) is 4. The number of sulfonamides is 1. The zero-order valence-corrected chi connectivity index (χ0v) is 11.4. The van der Waals surface area contributed by atoms with Gasteiger partial charge in [-0.05, 0) is 31.3 Å². The quantitative estimate of drug-likeness (QED) is 0.852. The van der Waals surface area contributed by atoms with E-state index in [0.29, 0.717) is 31.9 Å². The second-order valence-electron chi connectivity index (χ2n) is 4.14. The van der Waals surface area contributed by atoms with Crippen molar-refractivity contribution in [1.82, 2.24) is 9.62 Å². The summed E-state index contributed by atoms with van der Waals surface area (Å²) in [5.74, 6) is -0.100. The summed E-state index contributed by atoms with van der Waals surface area (Å²) in [7, 11) is -2.11. The summed E-state index contributed by atoms with van der Waals surface area (Å²) in [4.78, 5) is 14.0. The summed E-state index contributed by atoms with van der Waals surface area (Å²) in [6.07, 6.45) is 0. The van der Waals surface area contributed by atoms with Crippen LogP contribution < -0.4 is 4.72 Å². The maximum absolute atomic E-state index is 12.1. The number of rotatable bonds is 3. The molecule has 0 saturated carbocycles. The highest BCUT2D eigenvalue weighted by Crippen LogP contribution is 2.12. The number of carbonyl (C=O) groups is 1. The predicted octanol–water partition coefficient (Wildman–Crippen LogP) is 0.0671. The highest BCUT2D eigenvalue weighted by molar-refractivity contribution is 7.89. The number of carbonyl (C=O) groups excluding carboxylic acids is 1. The number of nitrogens with one attached hydrogen (secondary N) is 1. The van der Waals surface area contributed by atoms with Crippen LogP contribution in [0.1, 0.15) is 10.4 Å². The third-order valence-corrected chi connectivity index (χ3v) is 4.41. The number of ether oxygens (including phenoxy) is 1. The molecule has 0 aromatic heterocycles. The highest BCUT2D eigenvalue weighted by atomic mass is 32.2. The molecule has 1 saturated heterocycles. The fourth-order valence-corrected chi connectivity index (χ4v) is 2.57. The lowest BCUT2D eigenvalue weighted by molar-refractivity contribution is 0.0303. The van der Waals surface area contributed by atoms with Crippen LogP contribution in [0.15, 0.2) is 29.2 Å². The van der Waals surface area contributed by atoms with Gasteiger partial charge in [-0.15, -0.1) is 0 Å². The van der Waals surface area contributed by atoms with Crippen LogP contribution in [0.25, 0.3) is 0 Å². The maximum atomic E-state index is 12.1. The van der Waals surface area contributed by atoms with E-state index in [0.717, 1.165) is 0 Å². The Morgan fingerprint density at radius 1 is 1.21 bits per heavy atom. The van der Waals surface area contributed by atoms with Crippen LogP contribution in [-0.4, -0.2) is 52.6 Å². The van der Waals surface area contributed by atoms with Gasteiger partial charge >= 0.3 is 0 Å². The van der Waals surface area contributed by atoms with Crippen LogP contribution in [0.2, 0.25) is 0 Å². The summed E-state index contributed by atoms with van der Waals surface area (Å²) in [6.45, 7) is 2.21. The van der Waals surface area contributed by atoms with Crippen molar-refractivity contribution >= 4 is 15.9 Å². The molecule has 1 N–H and O–H groups in total. The second kappa shape index (κ2) is 5.68. The van der Waals surface area contributed by atoms with E-state index >= 15 is 0 Å². The Bertz CT molecular complexity index is 548. The van der Waals surface area contributed by atoms with Gasteiger partial charge in [0.1, 0.15) is 0 Å². The topological polar surface area (TPSA) is 75.7 Å². The smallest absolute Gasteiger partial charge is 0.254 e. The first-order valence-corrected chi connectivity index (χ1v) is 7.43. The minimum atomic E-state index is -3.46. The average Bonchev–Trinajstić information content (AvgIpc) is 2.47. The number of nitrogens with zero attached hydrogens (tertiary/aromatic N) is 1. The molecule has 104 valence electrons. The van der Waals surface area contributed by atoms with Crippen molar-refractivity contribution in [1.29, 1.82) is 0 Å². The summed E-state index contributed by atoms with van der Waals surface area (Å²) in [5.41, 5.74) is 0.483. The molecule has 1 amide bonds. The van der Waals surface area contributed by atoms with Gasteiger partial charge in [0.15, 0.2) is 0 Å². The van der Waals surface area contributed by atoms with Gasteiger partial charge in [-0.3, -0.25) is 4.79 Å². The first kappa shape index (κ1) is 14.0. The Morgan fingerprint density at radius 2 is 1.79 bits per heavy atom. The van der Waals surface area contributed by atoms with Crippen molar-refractivity contribution in [2.45, 2.75) is 4.90 Å². The predicted molar refractivity (Wildman–Crippen MR) is 69.4 cm³/mol. The number of amides is 1. The lowest BCUT2D eigenvalue weighted by atomic mass is 10.2. The van der Waals surface area contributed by atoms with E-state index in [-0.39, 0.29) is 10.8 Å². The molecule has 0 aliphatic carbocycles.